The highest BCUT2D eigenvalue weighted by Crippen LogP contribution is 2.50. The molecule has 0 atom stereocenters. The summed E-state index contributed by atoms with van der Waals surface area (Å²) >= 11 is 5.46. The summed E-state index contributed by atoms with van der Waals surface area (Å²) < 4.78 is 28.7. The molecular formula is C15H9ClF2O. The van der Waals surface area contributed by atoms with Crippen LogP contribution in [0.1, 0.15) is 21.5 Å². The Bertz CT molecular complexity index is 680. The van der Waals surface area contributed by atoms with Crippen LogP contribution in [-0.2, 0) is 5.92 Å². The summed E-state index contributed by atoms with van der Waals surface area (Å²) in [5.74, 6) is -3.62. The van der Waals surface area contributed by atoms with Crippen LogP contribution < -0.4 is 0 Å². The van der Waals surface area contributed by atoms with E-state index < -0.39 is 5.92 Å². The first-order chi connectivity index (χ1) is 9.05. The van der Waals surface area contributed by atoms with Crippen molar-refractivity contribution in [3.8, 4) is 11.1 Å². The van der Waals surface area contributed by atoms with Crippen molar-refractivity contribution in [2.24, 2.45) is 0 Å². The molecule has 1 nitrogen and oxygen atoms in total. The Balaban J connectivity index is 2.24. The molecule has 0 bridgehead atoms. The second-order valence-electron chi connectivity index (χ2n) is 4.44. The molecule has 0 radical (unpaired) electrons. The Labute approximate surface area is 113 Å². The SMILES string of the molecule is O=C(CCl)c1ccc2c(c1)C(F)(F)c1ccccc1-2. The van der Waals surface area contributed by atoms with Gasteiger partial charge in [-0.05, 0) is 17.2 Å². The van der Waals surface area contributed by atoms with Gasteiger partial charge in [-0.1, -0.05) is 36.4 Å². The maximum Gasteiger partial charge on any atom is 0.299 e. The summed E-state index contributed by atoms with van der Waals surface area (Å²) in [6.45, 7) is 0. The monoisotopic (exact) mass is 278 g/mol. The Morgan fingerprint density at radius 2 is 1.74 bits per heavy atom. The molecule has 0 fully saturated rings. The van der Waals surface area contributed by atoms with Gasteiger partial charge in [0.05, 0.1) is 5.88 Å². The summed E-state index contributed by atoms with van der Waals surface area (Å²) in [6, 6.07) is 10.7. The predicted molar refractivity (Wildman–Crippen MR) is 69.9 cm³/mol. The zero-order valence-corrected chi connectivity index (χ0v) is 10.5. The standard InChI is InChI=1S/C15H9ClF2O/c16-8-14(19)9-5-6-11-10-3-1-2-4-12(10)15(17,18)13(11)7-9/h1-7H,8H2. The van der Waals surface area contributed by atoms with Crippen LogP contribution in [0.2, 0.25) is 0 Å². The number of fused-ring (bicyclic) bond motifs is 3. The molecule has 2 aromatic carbocycles. The molecule has 0 saturated heterocycles. The number of ketones is 1. The second-order valence-corrected chi connectivity index (χ2v) is 4.70. The highest BCUT2D eigenvalue weighted by atomic mass is 35.5. The first-order valence-corrected chi connectivity index (χ1v) is 6.30. The molecule has 19 heavy (non-hydrogen) atoms. The summed E-state index contributed by atoms with van der Waals surface area (Å²) in [7, 11) is 0. The van der Waals surface area contributed by atoms with E-state index in [1.807, 2.05) is 0 Å². The summed E-state index contributed by atoms with van der Waals surface area (Å²) in [6.07, 6.45) is 0. The molecule has 3 rings (SSSR count). The normalized spacial score (nSPS) is 14.9. The fraction of sp³-hybridized carbons (Fsp3) is 0.133. The summed E-state index contributed by atoms with van der Waals surface area (Å²) in [5, 5.41) is 0. The number of rotatable bonds is 2. The van der Waals surface area contributed by atoms with Gasteiger partial charge in [0.25, 0.3) is 5.92 Å². The van der Waals surface area contributed by atoms with E-state index in [9.17, 15) is 13.6 Å². The van der Waals surface area contributed by atoms with Crippen molar-refractivity contribution in [2.45, 2.75) is 5.92 Å². The molecule has 0 heterocycles. The highest BCUT2D eigenvalue weighted by Gasteiger charge is 2.44. The molecule has 96 valence electrons. The molecule has 0 aromatic heterocycles. The van der Waals surface area contributed by atoms with Gasteiger partial charge in [-0.2, -0.15) is 8.78 Å². The smallest absolute Gasteiger partial charge is 0.293 e. The number of halogens is 3. The number of carbonyl (C=O) groups is 1. The topological polar surface area (TPSA) is 17.1 Å². The van der Waals surface area contributed by atoms with Crippen molar-refractivity contribution >= 4 is 17.4 Å². The molecule has 0 N–H and O–H groups in total. The van der Waals surface area contributed by atoms with Gasteiger partial charge in [0.1, 0.15) is 0 Å². The Morgan fingerprint density at radius 3 is 2.47 bits per heavy atom. The molecule has 4 heteroatoms. The zero-order valence-electron chi connectivity index (χ0n) is 9.79. The van der Waals surface area contributed by atoms with Crippen LogP contribution >= 0.6 is 11.6 Å². The molecule has 2 aromatic rings. The Morgan fingerprint density at radius 1 is 1.05 bits per heavy atom. The van der Waals surface area contributed by atoms with E-state index in [-0.39, 0.29) is 28.4 Å². The fourth-order valence-electron chi connectivity index (χ4n) is 2.43. The van der Waals surface area contributed by atoms with Crippen LogP contribution in [0.15, 0.2) is 42.5 Å². The number of hydrogen-bond donors (Lipinski definition) is 0. The van der Waals surface area contributed by atoms with Gasteiger partial charge in [-0.3, -0.25) is 4.79 Å². The molecule has 0 unspecified atom stereocenters. The third-order valence-electron chi connectivity index (χ3n) is 3.36. The van der Waals surface area contributed by atoms with Crippen molar-refractivity contribution in [1.29, 1.82) is 0 Å². The zero-order chi connectivity index (χ0) is 13.6. The van der Waals surface area contributed by atoms with Crippen LogP contribution in [0.4, 0.5) is 8.78 Å². The first-order valence-electron chi connectivity index (χ1n) is 5.77. The summed E-state index contributed by atoms with van der Waals surface area (Å²) in [4.78, 5) is 11.5. The van der Waals surface area contributed by atoms with E-state index in [1.54, 1.807) is 30.3 Å². The number of benzene rings is 2. The van der Waals surface area contributed by atoms with Gasteiger partial charge in [-0.25, -0.2) is 0 Å². The number of carbonyl (C=O) groups excluding carboxylic acids is 1. The largest absolute Gasteiger partial charge is 0.299 e. The van der Waals surface area contributed by atoms with Crippen molar-refractivity contribution in [3.05, 3.63) is 59.2 Å². The van der Waals surface area contributed by atoms with Crippen LogP contribution in [0.5, 0.6) is 0 Å². The van der Waals surface area contributed by atoms with Crippen LogP contribution in [-0.4, -0.2) is 11.7 Å². The number of Topliss-reactive ketones (excluding diaryl/α,β-unsaturated/α-hetero) is 1. The molecule has 0 saturated carbocycles. The van der Waals surface area contributed by atoms with Gasteiger partial charge in [0.2, 0.25) is 0 Å². The first kappa shape index (κ1) is 12.3. The highest BCUT2D eigenvalue weighted by molar-refractivity contribution is 6.30. The third kappa shape index (κ3) is 1.69. The minimum atomic E-state index is -3.06. The average molecular weight is 279 g/mol. The molecule has 0 aliphatic heterocycles. The van der Waals surface area contributed by atoms with Crippen molar-refractivity contribution in [3.63, 3.8) is 0 Å². The van der Waals surface area contributed by atoms with Crippen LogP contribution in [0.3, 0.4) is 0 Å². The van der Waals surface area contributed by atoms with E-state index in [0.717, 1.165) is 0 Å². The van der Waals surface area contributed by atoms with Gasteiger partial charge in [-0.15, -0.1) is 11.6 Å². The molecule has 0 amide bonds. The minimum Gasteiger partial charge on any atom is -0.293 e. The molecule has 1 aliphatic rings. The quantitative estimate of drug-likeness (QED) is 0.593. The van der Waals surface area contributed by atoms with Crippen LogP contribution in [0.25, 0.3) is 11.1 Å². The van der Waals surface area contributed by atoms with Crippen molar-refractivity contribution in [2.75, 3.05) is 5.88 Å². The predicted octanol–water partition coefficient (Wildman–Crippen LogP) is 4.23. The fourth-order valence-corrected chi connectivity index (χ4v) is 2.58. The Kier molecular flexibility index (Phi) is 2.68. The number of alkyl halides is 3. The van der Waals surface area contributed by atoms with E-state index in [1.165, 1.54) is 12.1 Å². The lowest BCUT2D eigenvalue weighted by Gasteiger charge is -2.12. The maximum absolute atomic E-state index is 14.3. The summed E-state index contributed by atoms with van der Waals surface area (Å²) in [5.41, 5.74) is 1.09. The second kappa shape index (κ2) is 4.14. The van der Waals surface area contributed by atoms with Crippen molar-refractivity contribution < 1.29 is 13.6 Å². The molecular weight excluding hydrogens is 270 g/mol. The van der Waals surface area contributed by atoms with Crippen molar-refractivity contribution in [1.82, 2.24) is 0 Å². The van der Waals surface area contributed by atoms with Crippen LogP contribution in [0, 0.1) is 0 Å². The number of hydrogen-bond acceptors (Lipinski definition) is 1. The Hall–Kier alpha value is -1.74. The lowest BCUT2D eigenvalue weighted by Crippen LogP contribution is -2.12. The van der Waals surface area contributed by atoms with Gasteiger partial charge >= 0.3 is 0 Å². The van der Waals surface area contributed by atoms with Gasteiger partial charge in [0, 0.05) is 16.7 Å². The van der Waals surface area contributed by atoms with Gasteiger partial charge < -0.3 is 0 Å². The molecule has 1 aliphatic carbocycles. The lowest BCUT2D eigenvalue weighted by atomic mass is 10.0. The van der Waals surface area contributed by atoms with E-state index >= 15 is 0 Å². The molecule has 0 spiro atoms. The third-order valence-corrected chi connectivity index (χ3v) is 3.60. The van der Waals surface area contributed by atoms with E-state index in [0.29, 0.717) is 11.1 Å². The lowest BCUT2D eigenvalue weighted by molar-refractivity contribution is 0.0479. The van der Waals surface area contributed by atoms with Gasteiger partial charge in [0.15, 0.2) is 5.78 Å². The maximum atomic E-state index is 14.3. The average Bonchev–Trinajstić information content (AvgIpc) is 2.67. The van der Waals surface area contributed by atoms with E-state index in [4.69, 9.17) is 11.6 Å². The minimum absolute atomic E-state index is 0.0135. The van der Waals surface area contributed by atoms with E-state index in [2.05, 4.69) is 0 Å².